The van der Waals surface area contributed by atoms with Crippen molar-refractivity contribution in [1.82, 2.24) is 0 Å². The molecule has 1 aromatic carbocycles. The van der Waals surface area contributed by atoms with E-state index in [9.17, 15) is 9.50 Å². The monoisotopic (exact) mass is 290 g/mol. The van der Waals surface area contributed by atoms with Crippen LogP contribution in [0.1, 0.15) is 19.4 Å². The van der Waals surface area contributed by atoms with Crippen molar-refractivity contribution in [1.29, 1.82) is 0 Å². The Morgan fingerprint density at radius 2 is 2.19 bits per heavy atom. The highest BCUT2D eigenvalue weighted by Gasteiger charge is 2.16. The summed E-state index contributed by atoms with van der Waals surface area (Å²) < 4.78 is 19.5. The Balaban J connectivity index is 2.68. The first-order valence-electron chi connectivity index (χ1n) is 5.28. The highest BCUT2D eigenvalue weighted by Crippen LogP contribution is 2.18. The summed E-state index contributed by atoms with van der Waals surface area (Å²) in [7, 11) is 0. The molecule has 0 radical (unpaired) electrons. The lowest BCUT2D eigenvalue weighted by Gasteiger charge is -2.19. The third kappa shape index (κ3) is 3.85. The molecule has 0 aromatic heterocycles. The van der Waals surface area contributed by atoms with Gasteiger partial charge < -0.3 is 9.84 Å². The number of hydrogen-bond acceptors (Lipinski definition) is 2. The molecular weight excluding hydrogens is 275 g/mol. The molecule has 1 rings (SSSR count). The predicted octanol–water partition coefficient (Wildman–Crippen LogP) is 2.92. The Bertz CT molecular complexity index is 344. The third-order valence-corrected chi connectivity index (χ3v) is 2.90. The van der Waals surface area contributed by atoms with Crippen LogP contribution in [-0.2, 0) is 11.2 Å². The van der Waals surface area contributed by atoms with E-state index in [4.69, 9.17) is 4.74 Å². The number of aliphatic hydroxyl groups excluding tert-OH is 1. The van der Waals surface area contributed by atoms with Crippen LogP contribution >= 0.6 is 15.9 Å². The zero-order valence-electron chi connectivity index (χ0n) is 9.41. The molecule has 0 saturated heterocycles. The van der Waals surface area contributed by atoms with E-state index in [2.05, 4.69) is 15.9 Å². The second-order valence-electron chi connectivity index (χ2n) is 3.67. The molecule has 0 aliphatic carbocycles. The van der Waals surface area contributed by atoms with Crippen LogP contribution in [0.4, 0.5) is 4.39 Å². The van der Waals surface area contributed by atoms with Crippen molar-refractivity contribution in [2.75, 3.05) is 6.61 Å². The molecule has 0 fully saturated rings. The first-order chi connectivity index (χ1) is 7.54. The average Bonchev–Trinajstić information content (AvgIpc) is 2.23. The van der Waals surface area contributed by atoms with Crippen LogP contribution < -0.4 is 0 Å². The first kappa shape index (κ1) is 13.6. The lowest BCUT2D eigenvalue weighted by molar-refractivity contribution is -0.0211. The number of hydrogen-bond donors (Lipinski definition) is 1. The van der Waals surface area contributed by atoms with E-state index in [1.54, 1.807) is 19.1 Å². The van der Waals surface area contributed by atoms with Crippen LogP contribution in [-0.4, -0.2) is 23.9 Å². The molecule has 0 spiro atoms. The fourth-order valence-electron chi connectivity index (χ4n) is 1.46. The molecule has 1 aromatic rings. The largest absolute Gasteiger partial charge is 0.390 e. The molecule has 0 aliphatic heterocycles. The van der Waals surface area contributed by atoms with E-state index >= 15 is 0 Å². The Kier molecular flexibility index (Phi) is 5.38. The van der Waals surface area contributed by atoms with Gasteiger partial charge in [0.15, 0.2) is 0 Å². The topological polar surface area (TPSA) is 29.5 Å². The molecule has 2 atom stereocenters. The van der Waals surface area contributed by atoms with Crippen molar-refractivity contribution < 1.29 is 14.2 Å². The molecule has 0 saturated carbocycles. The van der Waals surface area contributed by atoms with Gasteiger partial charge >= 0.3 is 0 Å². The standard InChI is InChI=1S/C12H16BrFO2/c1-3-16-8(2)12(15)7-9-6-10(13)4-5-11(9)14/h4-6,8,12,15H,3,7H2,1-2H3. The van der Waals surface area contributed by atoms with Gasteiger partial charge in [0, 0.05) is 17.5 Å². The van der Waals surface area contributed by atoms with Gasteiger partial charge in [-0.25, -0.2) is 4.39 Å². The number of rotatable bonds is 5. The fourth-order valence-corrected chi connectivity index (χ4v) is 1.87. The maximum Gasteiger partial charge on any atom is 0.126 e. The van der Waals surface area contributed by atoms with Gasteiger partial charge in [0.05, 0.1) is 12.2 Å². The number of benzene rings is 1. The minimum Gasteiger partial charge on any atom is -0.390 e. The van der Waals surface area contributed by atoms with Crippen molar-refractivity contribution in [2.45, 2.75) is 32.5 Å². The third-order valence-electron chi connectivity index (χ3n) is 2.41. The molecule has 2 nitrogen and oxygen atoms in total. The molecule has 0 amide bonds. The molecule has 4 heteroatoms. The lowest BCUT2D eigenvalue weighted by atomic mass is 10.0. The van der Waals surface area contributed by atoms with Crippen molar-refractivity contribution in [3.05, 3.63) is 34.1 Å². The smallest absolute Gasteiger partial charge is 0.126 e. The zero-order valence-corrected chi connectivity index (χ0v) is 11.0. The summed E-state index contributed by atoms with van der Waals surface area (Å²) in [4.78, 5) is 0. The van der Waals surface area contributed by atoms with E-state index in [-0.39, 0.29) is 18.3 Å². The fraction of sp³-hybridized carbons (Fsp3) is 0.500. The first-order valence-corrected chi connectivity index (χ1v) is 6.07. The SMILES string of the molecule is CCOC(C)C(O)Cc1cc(Br)ccc1F. The molecule has 0 heterocycles. The van der Waals surface area contributed by atoms with Crippen molar-refractivity contribution >= 4 is 15.9 Å². The minimum absolute atomic E-state index is 0.256. The van der Waals surface area contributed by atoms with Crippen molar-refractivity contribution in [3.63, 3.8) is 0 Å². The maximum absolute atomic E-state index is 13.4. The van der Waals surface area contributed by atoms with Gasteiger partial charge in [-0.1, -0.05) is 15.9 Å². The summed E-state index contributed by atoms with van der Waals surface area (Å²) in [5, 5.41) is 9.81. The molecule has 90 valence electrons. The summed E-state index contributed by atoms with van der Waals surface area (Å²) in [6.07, 6.45) is -0.723. The van der Waals surface area contributed by atoms with E-state index in [1.807, 2.05) is 6.92 Å². The maximum atomic E-state index is 13.4. The molecule has 16 heavy (non-hydrogen) atoms. The summed E-state index contributed by atoms with van der Waals surface area (Å²) in [5.41, 5.74) is 0.494. The van der Waals surface area contributed by atoms with Gasteiger partial charge in [-0.2, -0.15) is 0 Å². The van der Waals surface area contributed by atoms with Gasteiger partial charge in [0.1, 0.15) is 5.82 Å². The summed E-state index contributed by atoms with van der Waals surface area (Å²) in [6.45, 7) is 4.19. The second kappa shape index (κ2) is 6.33. The summed E-state index contributed by atoms with van der Waals surface area (Å²) >= 11 is 3.27. The van der Waals surface area contributed by atoms with Gasteiger partial charge in [-0.3, -0.25) is 0 Å². The Morgan fingerprint density at radius 3 is 2.81 bits per heavy atom. The second-order valence-corrected chi connectivity index (χ2v) is 4.58. The Labute approximate surface area is 104 Å². The van der Waals surface area contributed by atoms with Crippen molar-refractivity contribution in [2.24, 2.45) is 0 Å². The van der Waals surface area contributed by atoms with Gasteiger partial charge in [0.2, 0.25) is 0 Å². The number of halogens is 2. The van der Waals surface area contributed by atoms with E-state index in [0.717, 1.165) is 4.47 Å². The highest BCUT2D eigenvalue weighted by atomic mass is 79.9. The molecular formula is C12H16BrFO2. The summed E-state index contributed by atoms with van der Waals surface area (Å²) in [6, 6.07) is 4.70. The molecule has 1 N–H and O–H groups in total. The van der Waals surface area contributed by atoms with E-state index < -0.39 is 6.10 Å². The number of ether oxygens (including phenoxy) is 1. The highest BCUT2D eigenvalue weighted by molar-refractivity contribution is 9.10. The minimum atomic E-state index is -0.691. The molecule has 0 bridgehead atoms. The van der Waals surface area contributed by atoms with Crippen LogP contribution in [0.15, 0.2) is 22.7 Å². The average molecular weight is 291 g/mol. The number of aliphatic hydroxyl groups is 1. The quantitative estimate of drug-likeness (QED) is 0.904. The van der Waals surface area contributed by atoms with Crippen LogP contribution in [0.2, 0.25) is 0 Å². The molecule has 0 aliphatic rings. The Morgan fingerprint density at radius 1 is 1.50 bits per heavy atom. The van der Waals surface area contributed by atoms with Gasteiger partial charge in [-0.15, -0.1) is 0 Å². The lowest BCUT2D eigenvalue weighted by Crippen LogP contribution is -2.28. The van der Waals surface area contributed by atoms with E-state index in [0.29, 0.717) is 12.2 Å². The molecule has 2 unspecified atom stereocenters. The van der Waals surface area contributed by atoms with Crippen LogP contribution in [0.25, 0.3) is 0 Å². The van der Waals surface area contributed by atoms with Gasteiger partial charge in [0.25, 0.3) is 0 Å². The predicted molar refractivity (Wildman–Crippen MR) is 64.9 cm³/mol. The van der Waals surface area contributed by atoms with Crippen LogP contribution in [0.5, 0.6) is 0 Å². The van der Waals surface area contributed by atoms with Crippen LogP contribution in [0.3, 0.4) is 0 Å². The zero-order chi connectivity index (χ0) is 12.1. The Hall–Kier alpha value is -0.450. The normalized spacial score (nSPS) is 14.8. The van der Waals surface area contributed by atoms with Crippen molar-refractivity contribution in [3.8, 4) is 0 Å². The van der Waals surface area contributed by atoms with Gasteiger partial charge in [-0.05, 0) is 37.6 Å². The summed E-state index contributed by atoms with van der Waals surface area (Å²) in [5.74, 6) is -0.300. The van der Waals surface area contributed by atoms with Crippen LogP contribution in [0, 0.1) is 5.82 Å². The van der Waals surface area contributed by atoms with E-state index in [1.165, 1.54) is 6.07 Å².